The van der Waals surface area contributed by atoms with Gasteiger partial charge in [0, 0.05) is 12.6 Å². The predicted molar refractivity (Wildman–Crippen MR) is 88.9 cm³/mol. The SMILES string of the molecule is CCCCCCC(C)NC(=O)c1cccc2c1NCCC2. The molecule has 1 aromatic carbocycles. The number of unbranched alkanes of at least 4 members (excludes halogenated alkanes) is 3. The number of hydrogen-bond donors (Lipinski definition) is 2. The molecule has 0 aromatic heterocycles. The molecule has 1 amide bonds. The van der Waals surface area contributed by atoms with Crippen LogP contribution in [-0.4, -0.2) is 18.5 Å². The first-order chi connectivity index (χ1) is 10.2. The highest BCUT2D eigenvalue weighted by Crippen LogP contribution is 2.26. The number of benzene rings is 1. The molecular weight excluding hydrogens is 260 g/mol. The summed E-state index contributed by atoms with van der Waals surface area (Å²) in [5.74, 6) is 0.0595. The summed E-state index contributed by atoms with van der Waals surface area (Å²) < 4.78 is 0. The summed E-state index contributed by atoms with van der Waals surface area (Å²) in [6.45, 7) is 5.29. The predicted octanol–water partition coefficient (Wildman–Crippen LogP) is 4.13. The number of fused-ring (bicyclic) bond motifs is 1. The molecule has 1 unspecified atom stereocenters. The highest BCUT2D eigenvalue weighted by molar-refractivity contribution is 6.00. The summed E-state index contributed by atoms with van der Waals surface area (Å²) >= 11 is 0. The second-order valence-electron chi connectivity index (χ2n) is 6.09. The van der Waals surface area contributed by atoms with Crippen molar-refractivity contribution in [2.75, 3.05) is 11.9 Å². The maximum absolute atomic E-state index is 12.5. The molecule has 0 fully saturated rings. The third-order valence-electron chi connectivity index (χ3n) is 4.19. The van der Waals surface area contributed by atoms with Crippen molar-refractivity contribution in [1.29, 1.82) is 0 Å². The lowest BCUT2D eigenvalue weighted by Crippen LogP contribution is -2.33. The van der Waals surface area contributed by atoms with Gasteiger partial charge >= 0.3 is 0 Å². The van der Waals surface area contributed by atoms with Crippen molar-refractivity contribution >= 4 is 11.6 Å². The third kappa shape index (κ3) is 4.48. The quantitative estimate of drug-likeness (QED) is 0.741. The monoisotopic (exact) mass is 288 g/mol. The van der Waals surface area contributed by atoms with Gasteiger partial charge in [-0.1, -0.05) is 44.7 Å². The average Bonchev–Trinajstić information content (AvgIpc) is 2.51. The summed E-state index contributed by atoms with van der Waals surface area (Å²) in [5, 5.41) is 6.53. The molecule has 1 atom stereocenters. The number of hydrogen-bond acceptors (Lipinski definition) is 2. The van der Waals surface area contributed by atoms with Crippen molar-refractivity contribution in [3.8, 4) is 0 Å². The van der Waals surface area contributed by atoms with Crippen LogP contribution in [-0.2, 0) is 6.42 Å². The van der Waals surface area contributed by atoms with Crippen molar-refractivity contribution in [1.82, 2.24) is 5.32 Å². The number of carbonyl (C=O) groups is 1. The normalized spacial score (nSPS) is 15.0. The number of amides is 1. The molecule has 0 saturated heterocycles. The molecule has 1 aromatic rings. The summed E-state index contributed by atoms with van der Waals surface area (Å²) in [4.78, 5) is 12.5. The molecule has 2 rings (SSSR count). The Labute approximate surface area is 128 Å². The van der Waals surface area contributed by atoms with Gasteiger partial charge < -0.3 is 10.6 Å². The van der Waals surface area contributed by atoms with E-state index in [4.69, 9.17) is 0 Å². The molecule has 0 spiro atoms. The summed E-state index contributed by atoms with van der Waals surface area (Å²) in [6.07, 6.45) is 8.27. The molecular formula is C18H28N2O. The van der Waals surface area contributed by atoms with Crippen LogP contribution in [0, 0.1) is 0 Å². The van der Waals surface area contributed by atoms with Gasteiger partial charge in [-0.05, 0) is 37.8 Å². The van der Waals surface area contributed by atoms with Crippen LogP contribution in [0.3, 0.4) is 0 Å². The van der Waals surface area contributed by atoms with E-state index in [9.17, 15) is 4.79 Å². The molecule has 3 heteroatoms. The second kappa shape index (κ2) is 8.06. The van der Waals surface area contributed by atoms with Crippen LogP contribution in [0.15, 0.2) is 18.2 Å². The van der Waals surface area contributed by atoms with Gasteiger partial charge in [-0.15, -0.1) is 0 Å². The molecule has 0 aliphatic carbocycles. The largest absolute Gasteiger partial charge is 0.384 e. The Balaban J connectivity index is 1.91. The Morgan fingerprint density at radius 1 is 1.33 bits per heavy atom. The van der Waals surface area contributed by atoms with E-state index in [2.05, 4.69) is 30.5 Å². The summed E-state index contributed by atoms with van der Waals surface area (Å²) in [7, 11) is 0. The summed E-state index contributed by atoms with van der Waals surface area (Å²) in [6, 6.07) is 6.28. The van der Waals surface area contributed by atoms with Gasteiger partial charge in [-0.2, -0.15) is 0 Å². The van der Waals surface area contributed by atoms with Crippen LogP contribution in [0.25, 0.3) is 0 Å². The van der Waals surface area contributed by atoms with Crippen molar-refractivity contribution in [3.63, 3.8) is 0 Å². The first kappa shape index (κ1) is 15.9. The Hall–Kier alpha value is -1.51. The van der Waals surface area contributed by atoms with Crippen LogP contribution < -0.4 is 10.6 Å². The Morgan fingerprint density at radius 3 is 3.00 bits per heavy atom. The van der Waals surface area contributed by atoms with Crippen molar-refractivity contribution in [2.45, 2.75) is 64.8 Å². The van der Waals surface area contributed by atoms with E-state index in [1.54, 1.807) is 0 Å². The molecule has 0 radical (unpaired) electrons. The van der Waals surface area contributed by atoms with Gasteiger partial charge in [0.2, 0.25) is 0 Å². The number of aryl methyl sites for hydroxylation is 1. The van der Waals surface area contributed by atoms with Gasteiger partial charge in [0.15, 0.2) is 0 Å². The van der Waals surface area contributed by atoms with E-state index >= 15 is 0 Å². The molecule has 21 heavy (non-hydrogen) atoms. The Kier molecular flexibility index (Phi) is 6.09. The van der Waals surface area contributed by atoms with Gasteiger partial charge in [0.25, 0.3) is 5.91 Å². The van der Waals surface area contributed by atoms with Crippen molar-refractivity contribution < 1.29 is 4.79 Å². The molecule has 2 N–H and O–H groups in total. The maximum atomic E-state index is 12.5. The first-order valence-electron chi connectivity index (χ1n) is 8.39. The van der Waals surface area contributed by atoms with Crippen LogP contribution in [0.1, 0.15) is 68.3 Å². The van der Waals surface area contributed by atoms with Crippen molar-refractivity contribution in [2.24, 2.45) is 0 Å². The minimum atomic E-state index is 0.0595. The van der Waals surface area contributed by atoms with E-state index in [1.165, 1.54) is 31.2 Å². The number of rotatable bonds is 7. The van der Waals surface area contributed by atoms with Crippen molar-refractivity contribution in [3.05, 3.63) is 29.3 Å². The van der Waals surface area contributed by atoms with E-state index < -0.39 is 0 Å². The minimum Gasteiger partial charge on any atom is -0.384 e. The van der Waals surface area contributed by atoms with E-state index in [0.717, 1.165) is 37.1 Å². The smallest absolute Gasteiger partial charge is 0.253 e. The molecule has 1 aliphatic heterocycles. The Morgan fingerprint density at radius 2 is 2.19 bits per heavy atom. The van der Waals surface area contributed by atoms with Crippen LogP contribution in [0.4, 0.5) is 5.69 Å². The molecule has 0 saturated carbocycles. The lowest BCUT2D eigenvalue weighted by Gasteiger charge is -2.22. The number of para-hydroxylation sites is 1. The van der Waals surface area contributed by atoms with Crippen LogP contribution >= 0.6 is 0 Å². The van der Waals surface area contributed by atoms with Gasteiger partial charge in [0.05, 0.1) is 11.3 Å². The fourth-order valence-corrected chi connectivity index (χ4v) is 2.95. The first-order valence-corrected chi connectivity index (χ1v) is 8.39. The van der Waals surface area contributed by atoms with E-state index in [-0.39, 0.29) is 11.9 Å². The highest BCUT2D eigenvalue weighted by atomic mass is 16.1. The second-order valence-corrected chi connectivity index (χ2v) is 6.09. The standard InChI is InChI=1S/C18H28N2O/c1-3-4-5-6-9-14(2)20-18(21)16-12-7-10-15-11-8-13-19-17(15)16/h7,10,12,14,19H,3-6,8-9,11,13H2,1-2H3,(H,20,21). The van der Waals surface area contributed by atoms with Crippen LogP contribution in [0.2, 0.25) is 0 Å². The van der Waals surface area contributed by atoms with Gasteiger partial charge in [-0.3, -0.25) is 4.79 Å². The topological polar surface area (TPSA) is 41.1 Å². The third-order valence-corrected chi connectivity index (χ3v) is 4.19. The minimum absolute atomic E-state index is 0.0595. The fourth-order valence-electron chi connectivity index (χ4n) is 2.95. The van der Waals surface area contributed by atoms with Gasteiger partial charge in [0.1, 0.15) is 0 Å². The highest BCUT2D eigenvalue weighted by Gasteiger charge is 2.18. The van der Waals surface area contributed by atoms with E-state index in [0.29, 0.717) is 0 Å². The average molecular weight is 288 g/mol. The summed E-state index contributed by atoms with van der Waals surface area (Å²) in [5.41, 5.74) is 3.11. The fraction of sp³-hybridized carbons (Fsp3) is 0.611. The molecule has 116 valence electrons. The van der Waals surface area contributed by atoms with Gasteiger partial charge in [-0.25, -0.2) is 0 Å². The maximum Gasteiger partial charge on any atom is 0.253 e. The van der Waals surface area contributed by atoms with E-state index in [1.807, 2.05) is 12.1 Å². The number of nitrogens with one attached hydrogen (secondary N) is 2. The molecule has 1 heterocycles. The number of carbonyl (C=O) groups excluding carboxylic acids is 1. The Bertz CT molecular complexity index is 470. The lowest BCUT2D eigenvalue weighted by molar-refractivity contribution is 0.0938. The number of anilines is 1. The zero-order valence-electron chi connectivity index (χ0n) is 13.4. The lowest BCUT2D eigenvalue weighted by atomic mass is 9.98. The molecule has 3 nitrogen and oxygen atoms in total. The molecule has 0 bridgehead atoms. The zero-order valence-corrected chi connectivity index (χ0v) is 13.4. The van der Waals surface area contributed by atoms with Crippen LogP contribution in [0.5, 0.6) is 0 Å². The molecule has 1 aliphatic rings. The zero-order chi connectivity index (χ0) is 15.1.